The van der Waals surface area contributed by atoms with Gasteiger partial charge in [0.15, 0.2) is 0 Å². The van der Waals surface area contributed by atoms with Gasteiger partial charge in [-0.2, -0.15) is 0 Å². The minimum atomic E-state index is -0.816. The quantitative estimate of drug-likeness (QED) is 0.400. The Hall–Kier alpha value is -1.32. The van der Waals surface area contributed by atoms with Gasteiger partial charge in [0.05, 0.1) is 0 Å². The van der Waals surface area contributed by atoms with Gasteiger partial charge in [0.1, 0.15) is 0 Å². The second-order valence-electron chi connectivity index (χ2n) is 5.06. The lowest BCUT2D eigenvalue weighted by atomic mass is 10.1. The maximum absolute atomic E-state index is 11.4. The lowest BCUT2D eigenvalue weighted by Gasteiger charge is -2.02. The molecule has 0 saturated heterocycles. The molecule has 4 heteroatoms. The van der Waals surface area contributed by atoms with Crippen LogP contribution in [0.15, 0.2) is 12.2 Å². The number of aliphatic carboxylic acids is 1. The number of hydrogen-bond donors (Lipinski definition) is 2. The van der Waals surface area contributed by atoms with Crippen molar-refractivity contribution in [2.45, 2.75) is 71.1 Å². The fraction of sp³-hybridized carbons (Fsp3) is 0.750. The molecule has 0 fully saturated rings. The number of carbonyl (C=O) groups excluding carboxylic acids is 1. The van der Waals surface area contributed by atoms with Crippen LogP contribution in [0.2, 0.25) is 0 Å². The Bertz CT molecular complexity index is 287. The Morgan fingerprint density at radius 2 is 1.65 bits per heavy atom. The molecule has 0 aliphatic heterocycles. The van der Waals surface area contributed by atoms with Crippen LogP contribution in [-0.2, 0) is 9.59 Å². The van der Waals surface area contributed by atoms with Gasteiger partial charge in [-0.25, -0.2) is 0 Å². The molecule has 0 aliphatic rings. The molecule has 4 nitrogen and oxygen atoms in total. The Labute approximate surface area is 122 Å². The molecule has 116 valence electrons. The monoisotopic (exact) mass is 283 g/mol. The molecule has 0 aliphatic carbocycles. The molecular formula is C16H29NO3. The van der Waals surface area contributed by atoms with Crippen LogP contribution in [0.25, 0.3) is 0 Å². The average molecular weight is 283 g/mol. The normalized spacial score (nSPS) is 10.8. The number of rotatable bonds is 13. The maximum atomic E-state index is 11.4. The zero-order valence-corrected chi connectivity index (χ0v) is 12.7. The van der Waals surface area contributed by atoms with E-state index in [2.05, 4.69) is 24.4 Å². The van der Waals surface area contributed by atoms with E-state index < -0.39 is 5.97 Å². The molecule has 1 amide bonds. The van der Waals surface area contributed by atoms with Crippen LogP contribution in [0.1, 0.15) is 71.1 Å². The summed E-state index contributed by atoms with van der Waals surface area (Å²) in [7, 11) is 0. The van der Waals surface area contributed by atoms with Crippen molar-refractivity contribution in [3.8, 4) is 0 Å². The van der Waals surface area contributed by atoms with E-state index in [4.69, 9.17) is 5.11 Å². The predicted octanol–water partition coefficient (Wildman–Crippen LogP) is 3.66. The first-order valence-corrected chi connectivity index (χ1v) is 7.80. The smallest absolute Gasteiger partial charge is 0.303 e. The number of carboxylic acid groups (broad SMARTS) is 1. The molecule has 0 aromatic carbocycles. The van der Waals surface area contributed by atoms with Crippen LogP contribution in [0.4, 0.5) is 0 Å². The molecule has 0 radical (unpaired) electrons. The molecule has 0 spiro atoms. The number of nitrogens with one attached hydrogen (secondary N) is 1. The highest BCUT2D eigenvalue weighted by Crippen LogP contribution is 2.04. The fourth-order valence-electron chi connectivity index (χ4n) is 1.86. The molecule has 0 heterocycles. The van der Waals surface area contributed by atoms with Crippen LogP contribution in [0, 0.1) is 0 Å². The van der Waals surface area contributed by atoms with E-state index in [1.165, 1.54) is 25.7 Å². The first-order valence-electron chi connectivity index (χ1n) is 7.80. The van der Waals surface area contributed by atoms with Gasteiger partial charge in [-0.1, -0.05) is 38.3 Å². The van der Waals surface area contributed by atoms with Gasteiger partial charge in [0.25, 0.3) is 0 Å². The molecular weight excluding hydrogens is 254 g/mol. The molecule has 0 aromatic rings. The van der Waals surface area contributed by atoms with Crippen molar-refractivity contribution >= 4 is 11.9 Å². The third-order valence-corrected chi connectivity index (χ3v) is 3.06. The van der Waals surface area contributed by atoms with Crippen LogP contribution in [0.5, 0.6) is 0 Å². The van der Waals surface area contributed by atoms with Crippen molar-refractivity contribution < 1.29 is 14.7 Å². The van der Waals surface area contributed by atoms with Crippen molar-refractivity contribution in [3.05, 3.63) is 12.2 Å². The molecule has 0 rings (SSSR count). The zero-order valence-electron chi connectivity index (χ0n) is 12.7. The fourth-order valence-corrected chi connectivity index (χ4v) is 1.86. The van der Waals surface area contributed by atoms with E-state index in [0.29, 0.717) is 19.4 Å². The zero-order chi connectivity index (χ0) is 15.1. The number of carbonyl (C=O) groups is 2. The topological polar surface area (TPSA) is 66.4 Å². The third kappa shape index (κ3) is 14.7. The van der Waals surface area contributed by atoms with Crippen LogP contribution in [0.3, 0.4) is 0 Å². The lowest BCUT2D eigenvalue weighted by molar-refractivity contribution is -0.137. The molecule has 2 N–H and O–H groups in total. The van der Waals surface area contributed by atoms with Crippen molar-refractivity contribution in [2.24, 2.45) is 0 Å². The summed E-state index contributed by atoms with van der Waals surface area (Å²) in [6.45, 7) is 2.67. The Kier molecular flexibility index (Phi) is 13.2. The van der Waals surface area contributed by atoms with Gasteiger partial charge in [-0.05, 0) is 32.1 Å². The van der Waals surface area contributed by atoms with Crippen molar-refractivity contribution in [1.82, 2.24) is 5.32 Å². The molecule has 0 unspecified atom stereocenters. The minimum Gasteiger partial charge on any atom is -0.481 e. The van der Waals surface area contributed by atoms with E-state index in [-0.39, 0.29) is 12.3 Å². The second kappa shape index (κ2) is 14.1. The minimum absolute atomic E-state index is 0.0201. The first kappa shape index (κ1) is 18.7. The van der Waals surface area contributed by atoms with Crippen molar-refractivity contribution in [3.63, 3.8) is 0 Å². The summed E-state index contributed by atoms with van der Waals surface area (Å²) >= 11 is 0. The number of allylic oxidation sites excluding steroid dienone is 2. The number of unbranched alkanes of at least 4 members (excludes halogenated alkanes) is 5. The summed E-state index contributed by atoms with van der Waals surface area (Å²) in [4.78, 5) is 21.7. The van der Waals surface area contributed by atoms with E-state index in [9.17, 15) is 9.59 Å². The highest BCUT2D eigenvalue weighted by atomic mass is 16.4. The SMILES string of the molecule is CCCCCC/C=C/CCCC(=O)NCCCC(=O)O. The number of carboxylic acids is 1. The Morgan fingerprint density at radius 3 is 2.30 bits per heavy atom. The van der Waals surface area contributed by atoms with E-state index in [0.717, 1.165) is 19.3 Å². The van der Waals surface area contributed by atoms with E-state index in [1.807, 2.05) is 0 Å². The summed E-state index contributed by atoms with van der Waals surface area (Å²) in [6.07, 6.45) is 13.6. The van der Waals surface area contributed by atoms with Gasteiger partial charge in [-0.3, -0.25) is 9.59 Å². The van der Waals surface area contributed by atoms with Crippen molar-refractivity contribution in [2.75, 3.05) is 6.54 Å². The molecule has 0 bridgehead atoms. The molecule has 0 aromatic heterocycles. The number of amides is 1. The van der Waals surface area contributed by atoms with Gasteiger partial charge < -0.3 is 10.4 Å². The predicted molar refractivity (Wildman–Crippen MR) is 81.6 cm³/mol. The largest absolute Gasteiger partial charge is 0.481 e. The molecule has 0 atom stereocenters. The summed E-state index contributed by atoms with van der Waals surface area (Å²) in [5, 5.41) is 11.2. The van der Waals surface area contributed by atoms with Gasteiger partial charge in [-0.15, -0.1) is 0 Å². The molecule has 20 heavy (non-hydrogen) atoms. The van der Waals surface area contributed by atoms with Crippen LogP contribution >= 0.6 is 0 Å². The van der Waals surface area contributed by atoms with Crippen LogP contribution in [-0.4, -0.2) is 23.5 Å². The Balaban J connectivity index is 3.30. The highest BCUT2D eigenvalue weighted by Gasteiger charge is 2.00. The molecule has 0 saturated carbocycles. The number of hydrogen-bond acceptors (Lipinski definition) is 2. The van der Waals surface area contributed by atoms with E-state index >= 15 is 0 Å². The summed E-state index contributed by atoms with van der Waals surface area (Å²) < 4.78 is 0. The highest BCUT2D eigenvalue weighted by molar-refractivity contribution is 5.75. The Morgan fingerprint density at radius 1 is 0.950 bits per heavy atom. The van der Waals surface area contributed by atoms with Gasteiger partial charge >= 0.3 is 5.97 Å². The summed E-state index contributed by atoms with van der Waals surface area (Å²) in [6, 6.07) is 0. The lowest BCUT2D eigenvalue weighted by Crippen LogP contribution is -2.24. The van der Waals surface area contributed by atoms with Gasteiger partial charge in [0.2, 0.25) is 5.91 Å². The first-order chi connectivity index (χ1) is 9.66. The maximum Gasteiger partial charge on any atom is 0.303 e. The second-order valence-corrected chi connectivity index (χ2v) is 5.06. The average Bonchev–Trinajstić information content (AvgIpc) is 2.41. The third-order valence-electron chi connectivity index (χ3n) is 3.06. The standard InChI is InChI=1S/C16H29NO3/c1-2-3-4-5-6-7-8-9-10-12-15(18)17-14-11-13-16(19)20/h7-8H,2-6,9-14H2,1H3,(H,17,18)(H,19,20)/b8-7+. The van der Waals surface area contributed by atoms with Crippen molar-refractivity contribution in [1.29, 1.82) is 0 Å². The van der Waals surface area contributed by atoms with E-state index in [1.54, 1.807) is 0 Å². The summed E-state index contributed by atoms with van der Waals surface area (Å²) in [5.41, 5.74) is 0. The van der Waals surface area contributed by atoms with Gasteiger partial charge in [0, 0.05) is 19.4 Å². The van der Waals surface area contributed by atoms with Crippen LogP contribution < -0.4 is 5.32 Å². The summed E-state index contributed by atoms with van der Waals surface area (Å²) in [5.74, 6) is -0.796.